The number of ketones is 1. The molecule has 33 heavy (non-hydrogen) atoms. The first-order valence-electron chi connectivity index (χ1n) is 10.6. The summed E-state index contributed by atoms with van der Waals surface area (Å²) in [5.41, 5.74) is 0. The van der Waals surface area contributed by atoms with Gasteiger partial charge in [-0.2, -0.15) is 0 Å². The monoisotopic (exact) mass is 480 g/mol. The lowest BCUT2D eigenvalue weighted by atomic mass is 10.4. The molecule has 2 aliphatic heterocycles. The van der Waals surface area contributed by atoms with E-state index in [0.717, 1.165) is 39.6 Å². The minimum atomic E-state index is -0.245. The third kappa shape index (κ3) is 37.1. The molecule has 196 valence electrons. The lowest BCUT2D eigenvalue weighted by Gasteiger charge is -2.25. The van der Waals surface area contributed by atoms with Gasteiger partial charge in [-0.25, -0.2) is 0 Å². The lowest BCUT2D eigenvalue weighted by Crippen LogP contribution is -2.39. The highest BCUT2D eigenvalue weighted by atomic mass is 16.5. The Bertz CT molecular complexity index is 530. The van der Waals surface area contributed by atoms with E-state index < -0.39 is 0 Å². The third-order valence-corrected chi connectivity index (χ3v) is 3.40. The molecule has 2 aliphatic rings. The molecular weight excluding hydrogens is 436 g/mol. The zero-order chi connectivity index (χ0) is 26.8. The van der Waals surface area contributed by atoms with Crippen molar-refractivity contribution in [3.63, 3.8) is 0 Å². The molecule has 0 bridgehead atoms. The first-order chi connectivity index (χ1) is 15.4. The van der Waals surface area contributed by atoms with Gasteiger partial charge in [0.15, 0.2) is 0 Å². The number of carbonyl (C=O) groups is 5. The van der Waals surface area contributed by atoms with E-state index in [4.69, 9.17) is 9.84 Å². The molecule has 0 atom stereocenters. The summed E-state index contributed by atoms with van der Waals surface area (Å²) in [5, 5.41) is 7.00. The van der Waals surface area contributed by atoms with Gasteiger partial charge in [0.1, 0.15) is 5.78 Å². The first-order valence-corrected chi connectivity index (χ1v) is 10.6. The van der Waals surface area contributed by atoms with Gasteiger partial charge >= 0.3 is 11.9 Å². The predicted octanol–water partition coefficient (Wildman–Crippen LogP) is 1.06. The number of esters is 2. The van der Waals surface area contributed by atoms with Crippen LogP contribution >= 0.6 is 0 Å². The molecule has 0 saturated carbocycles. The molecule has 2 amide bonds. The molecule has 2 saturated heterocycles. The van der Waals surface area contributed by atoms with E-state index in [2.05, 4.69) is 9.47 Å². The van der Waals surface area contributed by atoms with Gasteiger partial charge in [0, 0.05) is 61.0 Å². The molecule has 0 spiro atoms. The van der Waals surface area contributed by atoms with Crippen LogP contribution < -0.4 is 0 Å². The summed E-state index contributed by atoms with van der Waals surface area (Å²) in [4.78, 5) is 53.6. The molecule has 0 unspecified atom stereocenters. The smallest absolute Gasteiger partial charge is 0.302 e. The van der Waals surface area contributed by atoms with Crippen molar-refractivity contribution >= 4 is 29.5 Å². The molecule has 0 aliphatic carbocycles. The van der Waals surface area contributed by atoms with Crippen LogP contribution in [0.5, 0.6) is 0 Å². The number of hydrogen-bond donors (Lipinski definition) is 1. The largest absolute Gasteiger partial charge is 0.469 e. The maximum absolute atomic E-state index is 10.7. The summed E-state index contributed by atoms with van der Waals surface area (Å²) in [5.74, 6) is 0.154. The Balaban J connectivity index is -0.000000161. The van der Waals surface area contributed by atoms with Crippen molar-refractivity contribution in [1.82, 2.24) is 9.80 Å². The zero-order valence-corrected chi connectivity index (χ0v) is 21.8. The number of likely N-dealkylation sites (tertiary alicyclic amines) is 1. The molecule has 0 aromatic carbocycles. The predicted molar refractivity (Wildman–Crippen MR) is 124 cm³/mol. The molecule has 0 radical (unpaired) electrons. The Morgan fingerprint density at radius 1 is 0.939 bits per heavy atom. The van der Waals surface area contributed by atoms with Crippen LogP contribution in [0.2, 0.25) is 0 Å². The molecular formula is C22H44N2O9. The summed E-state index contributed by atoms with van der Waals surface area (Å²) in [6.45, 7) is 13.5. The fraction of sp³-hybridized carbons (Fsp3) is 0.773. The number of hydrogen-bond acceptors (Lipinski definition) is 9. The Morgan fingerprint density at radius 2 is 1.36 bits per heavy atom. The van der Waals surface area contributed by atoms with Crippen LogP contribution in [0.4, 0.5) is 0 Å². The van der Waals surface area contributed by atoms with Gasteiger partial charge in [-0.15, -0.1) is 0 Å². The van der Waals surface area contributed by atoms with Gasteiger partial charge in [0.05, 0.1) is 26.9 Å². The van der Waals surface area contributed by atoms with Crippen LogP contribution in [0.25, 0.3) is 0 Å². The van der Waals surface area contributed by atoms with Gasteiger partial charge < -0.3 is 33.9 Å². The van der Waals surface area contributed by atoms with Gasteiger partial charge in [-0.3, -0.25) is 19.2 Å². The third-order valence-electron chi connectivity index (χ3n) is 3.40. The molecule has 11 nitrogen and oxygen atoms in total. The molecule has 0 aromatic rings. The fourth-order valence-electron chi connectivity index (χ4n) is 1.86. The Morgan fingerprint density at radius 3 is 1.48 bits per heavy atom. The van der Waals surface area contributed by atoms with Gasteiger partial charge in [0.25, 0.3) is 0 Å². The van der Waals surface area contributed by atoms with Crippen LogP contribution in [0.15, 0.2) is 0 Å². The van der Waals surface area contributed by atoms with Crippen LogP contribution in [0.3, 0.4) is 0 Å². The van der Waals surface area contributed by atoms with Crippen molar-refractivity contribution in [1.29, 1.82) is 0 Å². The highest BCUT2D eigenvalue weighted by Gasteiger charge is 2.14. The highest BCUT2D eigenvalue weighted by molar-refractivity contribution is 5.77. The van der Waals surface area contributed by atoms with Gasteiger partial charge in [-0.05, 0) is 27.2 Å². The normalized spacial score (nSPS) is 13.3. The quantitative estimate of drug-likeness (QED) is 0.545. The van der Waals surface area contributed by atoms with E-state index in [0.29, 0.717) is 25.7 Å². The maximum Gasteiger partial charge on any atom is 0.302 e. The number of ether oxygens (including phenoxy) is 3. The highest BCUT2D eigenvalue weighted by Crippen LogP contribution is 2.04. The standard InChI is InChI=1S/C6H11NO2.C5H9NO.C4H8O2.C3H6O2.C3H6O.CH4O/c1-6(8)7-2-4-9-5-3-7;1-6-4-2-3-5(6)7;1-3-6-4(2)5;1-3(4)5-2;1-3(2)4;1-2/h2-5H2,1H3;2-4H2,1H3;3H2,1-2H3;1-2H3;1-2H3;2H,1H3. The molecule has 2 heterocycles. The Labute approximate surface area is 198 Å². The number of nitrogens with zero attached hydrogens (tertiary/aromatic N) is 2. The van der Waals surface area contributed by atoms with Crippen LogP contribution in [0.1, 0.15) is 54.4 Å². The van der Waals surface area contributed by atoms with Crippen molar-refractivity contribution in [2.24, 2.45) is 0 Å². The van der Waals surface area contributed by atoms with E-state index in [1.807, 2.05) is 7.05 Å². The topological polar surface area (TPSA) is 140 Å². The molecule has 0 aromatic heterocycles. The summed E-state index contributed by atoms with van der Waals surface area (Å²) in [7, 11) is 4.19. The molecule has 2 rings (SSSR count). The Kier molecular flexibility index (Phi) is 31.5. The second kappa shape index (κ2) is 27.5. The van der Waals surface area contributed by atoms with E-state index in [-0.39, 0.29) is 23.6 Å². The number of rotatable bonds is 1. The van der Waals surface area contributed by atoms with Crippen LogP contribution in [0, 0.1) is 0 Å². The summed E-state index contributed by atoms with van der Waals surface area (Å²) < 4.78 is 13.6. The number of amides is 2. The number of carbonyl (C=O) groups excluding carboxylic acids is 5. The molecule has 11 heteroatoms. The van der Waals surface area contributed by atoms with E-state index in [9.17, 15) is 24.0 Å². The summed E-state index contributed by atoms with van der Waals surface area (Å²) in [6, 6.07) is 0. The van der Waals surface area contributed by atoms with E-state index >= 15 is 0 Å². The number of aliphatic hydroxyl groups excluding tert-OH is 1. The van der Waals surface area contributed by atoms with Gasteiger partial charge in [-0.1, -0.05) is 0 Å². The maximum atomic E-state index is 10.7. The average molecular weight is 481 g/mol. The van der Waals surface area contributed by atoms with Crippen LogP contribution in [-0.2, 0) is 38.2 Å². The van der Waals surface area contributed by atoms with Crippen LogP contribution in [-0.4, -0.2) is 105 Å². The van der Waals surface area contributed by atoms with E-state index in [1.165, 1.54) is 34.8 Å². The summed E-state index contributed by atoms with van der Waals surface area (Å²) in [6.07, 6.45) is 1.81. The second-order valence-corrected chi connectivity index (χ2v) is 6.57. The fourth-order valence-corrected chi connectivity index (χ4v) is 1.86. The molecule has 1 N–H and O–H groups in total. The minimum Gasteiger partial charge on any atom is -0.469 e. The lowest BCUT2D eigenvalue weighted by molar-refractivity contribution is -0.140. The number of aliphatic hydroxyl groups is 1. The first kappa shape index (κ1) is 37.8. The van der Waals surface area contributed by atoms with Crippen molar-refractivity contribution in [3.05, 3.63) is 0 Å². The van der Waals surface area contributed by atoms with E-state index in [1.54, 1.807) is 23.6 Å². The number of morpholine rings is 1. The zero-order valence-electron chi connectivity index (χ0n) is 21.8. The number of methoxy groups -OCH3 is 1. The number of Topliss-reactive ketones (excluding diaryl/α,β-unsaturated/α-hetero) is 1. The van der Waals surface area contributed by atoms with Crippen molar-refractivity contribution in [2.75, 3.05) is 60.7 Å². The SMILES string of the molecule is CC(=O)N1CCOCC1.CC(C)=O.CCOC(C)=O.CN1CCCC1=O.CO.COC(C)=O. The van der Waals surface area contributed by atoms with Crippen molar-refractivity contribution in [2.45, 2.75) is 54.4 Å². The second-order valence-electron chi connectivity index (χ2n) is 6.57. The summed E-state index contributed by atoms with van der Waals surface area (Å²) >= 11 is 0. The minimum absolute atomic E-state index is 0.151. The molecule has 2 fully saturated rings. The van der Waals surface area contributed by atoms with Gasteiger partial charge in [0.2, 0.25) is 11.8 Å². The Hall–Kier alpha value is -2.53. The average Bonchev–Trinajstić information content (AvgIpc) is 3.13. The van der Waals surface area contributed by atoms with Crippen molar-refractivity contribution < 1.29 is 43.3 Å². The van der Waals surface area contributed by atoms with Crippen molar-refractivity contribution in [3.8, 4) is 0 Å².